The van der Waals surface area contributed by atoms with Crippen LogP contribution >= 0.6 is 31.3 Å². The number of phosphoric acid groups is 4. The molecule has 0 bridgehead atoms. The molecule has 0 saturated heterocycles. The molecule has 0 aliphatic carbocycles. The highest BCUT2D eigenvalue weighted by molar-refractivity contribution is 7.45. The van der Waals surface area contributed by atoms with Crippen LogP contribution in [0.4, 0.5) is 0 Å². The van der Waals surface area contributed by atoms with Crippen molar-refractivity contribution in [2.24, 2.45) is 5.73 Å². The highest BCUT2D eigenvalue weighted by atomic mass is 31.2. The van der Waals surface area contributed by atoms with Crippen molar-refractivity contribution in [3.63, 3.8) is 0 Å². The largest absolute Gasteiger partial charge is 0.480 e. The van der Waals surface area contributed by atoms with Crippen molar-refractivity contribution in [2.75, 3.05) is 13.6 Å². The molecule has 25 heteroatoms. The summed E-state index contributed by atoms with van der Waals surface area (Å²) in [5, 5.41) is 14.9. The summed E-state index contributed by atoms with van der Waals surface area (Å²) in [4.78, 5) is 97.3. The van der Waals surface area contributed by atoms with Crippen LogP contribution in [-0.4, -0.2) is 94.2 Å². The average molecular weight is 523 g/mol. The Morgan fingerprint density at radius 3 is 0.897 bits per heavy atom. The molecule has 0 aliphatic rings. The van der Waals surface area contributed by atoms with Gasteiger partial charge >= 0.3 is 37.3 Å². The number of carboxylic acid groups (broad SMARTS) is 1. The molecule has 0 aromatic carbocycles. The molecule has 0 aromatic heterocycles. The van der Waals surface area contributed by atoms with Crippen LogP contribution in [0.3, 0.4) is 0 Å². The van der Waals surface area contributed by atoms with Gasteiger partial charge in [0.15, 0.2) is 5.96 Å². The highest BCUT2D eigenvalue weighted by Gasteiger charge is 2.03. The average Bonchev–Trinajstić information content (AvgIpc) is 2.17. The van der Waals surface area contributed by atoms with E-state index in [1.54, 1.807) is 0 Å². The van der Waals surface area contributed by atoms with E-state index < -0.39 is 37.3 Å². The van der Waals surface area contributed by atoms with Crippen LogP contribution in [-0.2, 0) is 23.1 Å². The van der Waals surface area contributed by atoms with Crippen molar-refractivity contribution in [3.8, 4) is 0 Å². The molecule has 0 atom stereocenters. The summed E-state index contributed by atoms with van der Waals surface area (Å²) in [5.41, 5.74) is 4.93. The summed E-state index contributed by atoms with van der Waals surface area (Å²) < 4.78 is 35.5. The van der Waals surface area contributed by atoms with Gasteiger partial charge in [-0.1, -0.05) is 0 Å². The van der Waals surface area contributed by atoms with Gasteiger partial charge in [-0.2, -0.15) is 0 Å². The first-order chi connectivity index (χ1) is 12.0. The van der Waals surface area contributed by atoms with Gasteiger partial charge in [0.1, 0.15) is 6.54 Å². The highest BCUT2D eigenvalue weighted by Crippen LogP contribution is 2.27. The lowest BCUT2D eigenvalue weighted by Crippen LogP contribution is -2.36. The topological polar surface area (TPSA) is 401 Å². The second-order valence-electron chi connectivity index (χ2n) is 3.69. The minimum Gasteiger partial charge on any atom is -0.480 e. The summed E-state index contributed by atoms with van der Waals surface area (Å²) >= 11 is 0. The quantitative estimate of drug-likeness (QED) is 0.0916. The van der Waals surface area contributed by atoms with Crippen molar-refractivity contribution in [3.05, 3.63) is 0 Å². The van der Waals surface area contributed by atoms with Crippen molar-refractivity contribution < 1.29 is 86.9 Å². The summed E-state index contributed by atoms with van der Waals surface area (Å²) in [7, 11) is -17.1. The Bertz CT molecular complexity index is 526. The van der Waals surface area contributed by atoms with Crippen LogP contribution < -0.4 is 5.73 Å². The molecule has 16 N–H and O–H groups in total. The molecule has 29 heavy (non-hydrogen) atoms. The van der Waals surface area contributed by atoms with Gasteiger partial charge in [-0.25, -0.2) is 18.3 Å². The first-order valence-corrected chi connectivity index (χ1v) is 11.7. The zero-order valence-electron chi connectivity index (χ0n) is 13.9. The Hall–Kier alpha value is -0.820. The number of nitrogens with one attached hydrogen (secondary N) is 1. The molecule has 21 nitrogen and oxygen atoms in total. The van der Waals surface area contributed by atoms with Gasteiger partial charge < -0.3 is 74.5 Å². The van der Waals surface area contributed by atoms with Gasteiger partial charge in [-0.15, -0.1) is 0 Å². The van der Waals surface area contributed by atoms with Crippen LogP contribution in [0.2, 0.25) is 0 Å². The van der Waals surface area contributed by atoms with Crippen LogP contribution in [0, 0.1) is 5.41 Å². The van der Waals surface area contributed by atoms with E-state index in [-0.39, 0.29) is 12.5 Å². The number of rotatable bonds is 2. The van der Waals surface area contributed by atoms with E-state index in [2.05, 4.69) is 0 Å². The van der Waals surface area contributed by atoms with Gasteiger partial charge in [0.2, 0.25) is 0 Å². The van der Waals surface area contributed by atoms with E-state index in [9.17, 15) is 4.79 Å². The van der Waals surface area contributed by atoms with Crippen molar-refractivity contribution in [1.82, 2.24) is 4.90 Å². The number of carbonyl (C=O) groups is 1. The molecular weight excluding hydrogens is 502 g/mol. The Morgan fingerprint density at radius 1 is 0.724 bits per heavy atom. The number of nitrogens with zero attached hydrogens (tertiary/aromatic N) is 1. The fourth-order valence-corrected chi connectivity index (χ4v) is 0.288. The maximum absolute atomic E-state index is 9.92. The molecule has 0 spiro atoms. The number of likely N-dealkylation sites (N-methyl/N-ethyl adjacent to an activating group) is 1. The Morgan fingerprint density at radius 2 is 0.862 bits per heavy atom. The second kappa shape index (κ2) is 16.9. The first kappa shape index (κ1) is 38.7. The van der Waals surface area contributed by atoms with Gasteiger partial charge in [0.25, 0.3) is 0 Å². The standard InChI is InChI=1S/C4H9N3O2.4H3O4P/c1-7(4(5)6)2-3(8)9;4*1-5(2,3)4/h2H2,1H3,(H3,5,6)(H,8,9);4*(H3,1,2,3,4). The summed E-state index contributed by atoms with van der Waals surface area (Å²) in [6.07, 6.45) is 0. The van der Waals surface area contributed by atoms with Crippen molar-refractivity contribution >= 4 is 43.2 Å². The van der Waals surface area contributed by atoms with E-state index in [0.717, 1.165) is 4.90 Å². The van der Waals surface area contributed by atoms with E-state index in [1.165, 1.54) is 7.05 Å². The van der Waals surface area contributed by atoms with Crippen molar-refractivity contribution in [1.29, 1.82) is 5.41 Å². The van der Waals surface area contributed by atoms with Crippen molar-refractivity contribution in [2.45, 2.75) is 0 Å². The van der Waals surface area contributed by atoms with E-state index in [1.807, 2.05) is 0 Å². The normalized spacial score (nSPS) is 10.8. The van der Waals surface area contributed by atoms with Gasteiger partial charge in [-0.3, -0.25) is 10.2 Å². The third kappa shape index (κ3) is 334. The maximum atomic E-state index is 9.92. The number of nitrogens with two attached hydrogens (primary N) is 1. The molecule has 0 saturated carbocycles. The van der Waals surface area contributed by atoms with Crippen LogP contribution in [0.25, 0.3) is 0 Å². The molecule has 0 fully saturated rings. The monoisotopic (exact) mass is 523 g/mol. The van der Waals surface area contributed by atoms with Gasteiger partial charge in [-0.05, 0) is 0 Å². The molecule has 0 unspecified atom stereocenters. The minimum atomic E-state index is -4.64. The smallest absolute Gasteiger partial charge is 0.466 e. The predicted octanol–water partition coefficient (Wildman–Crippen LogP) is -4.82. The summed E-state index contributed by atoms with van der Waals surface area (Å²) in [5.74, 6) is -1.23. The zero-order valence-corrected chi connectivity index (χ0v) is 17.5. The Kier molecular flexibility index (Phi) is 22.6. The number of guanidine groups is 1. The second-order valence-corrected chi connectivity index (χ2v) is 7.79. The molecule has 0 aliphatic heterocycles. The Balaban J connectivity index is -0.0000000853. The molecule has 0 heterocycles. The number of hydrogen-bond acceptors (Lipinski definition) is 6. The number of aliphatic carboxylic acids is 1. The molecule has 180 valence electrons. The fraction of sp³-hybridized carbons (Fsp3) is 0.500. The van der Waals surface area contributed by atoms with Gasteiger partial charge in [0.05, 0.1) is 0 Å². The van der Waals surface area contributed by atoms with E-state index in [4.69, 9.17) is 93.2 Å². The first-order valence-electron chi connectivity index (χ1n) is 5.44. The number of hydrogen-bond donors (Lipinski definition) is 15. The van der Waals surface area contributed by atoms with E-state index >= 15 is 0 Å². The number of carboxylic acids is 1. The fourth-order valence-electron chi connectivity index (χ4n) is 0.288. The molecule has 0 amide bonds. The minimum absolute atomic E-state index is 0.227. The zero-order chi connectivity index (χ0) is 25.4. The molecule has 0 aromatic rings. The van der Waals surface area contributed by atoms with Crippen LogP contribution in [0.15, 0.2) is 0 Å². The Labute approximate surface area is 160 Å². The lowest BCUT2D eigenvalue weighted by Gasteiger charge is -2.12. The summed E-state index contributed by atoms with van der Waals surface area (Å²) in [6.45, 7) is -0.227. The van der Waals surface area contributed by atoms with E-state index in [0.29, 0.717) is 0 Å². The van der Waals surface area contributed by atoms with Crippen LogP contribution in [0.5, 0.6) is 0 Å². The van der Waals surface area contributed by atoms with Crippen LogP contribution in [0.1, 0.15) is 0 Å². The maximum Gasteiger partial charge on any atom is 0.466 e. The lowest BCUT2D eigenvalue weighted by atomic mass is 10.6. The third-order valence-electron chi connectivity index (χ3n) is 0.784. The predicted molar refractivity (Wildman–Crippen MR) is 89.2 cm³/mol. The summed E-state index contributed by atoms with van der Waals surface area (Å²) in [6, 6.07) is 0. The molecule has 0 radical (unpaired) electrons. The molecule has 0 rings (SSSR count). The van der Waals surface area contributed by atoms with Gasteiger partial charge in [0, 0.05) is 7.05 Å². The molecular formula is C4H21N3O18P4. The SMILES string of the molecule is CN(CC(=O)O)C(=N)N.O=P(O)(O)O.O=P(O)(O)O.O=P(O)(O)O.O=P(O)(O)O. The third-order valence-corrected chi connectivity index (χ3v) is 0.784. The lowest BCUT2D eigenvalue weighted by molar-refractivity contribution is -0.137.